The highest BCUT2D eigenvalue weighted by atomic mass is 16.6. The third-order valence-electron chi connectivity index (χ3n) is 5.62. The minimum Gasteiger partial charge on any atom is -0.451 e. The molecule has 2 aliphatic carbocycles. The molecule has 1 aromatic carbocycles. The van der Waals surface area contributed by atoms with Gasteiger partial charge in [0.2, 0.25) is 0 Å². The highest BCUT2D eigenvalue weighted by Crippen LogP contribution is 2.59. The minimum atomic E-state index is -0.519. The molecule has 1 saturated carbocycles. The zero-order valence-corrected chi connectivity index (χ0v) is 13.1. The zero-order valence-electron chi connectivity index (χ0n) is 13.1. The molecule has 0 aromatic heterocycles. The quantitative estimate of drug-likeness (QED) is 0.589. The van der Waals surface area contributed by atoms with Crippen LogP contribution in [0.2, 0.25) is 0 Å². The van der Waals surface area contributed by atoms with Crippen molar-refractivity contribution in [3.63, 3.8) is 0 Å². The van der Waals surface area contributed by atoms with Crippen LogP contribution in [0.1, 0.15) is 57.1 Å². The smallest absolute Gasteiger partial charge is 0.334 e. The van der Waals surface area contributed by atoms with Crippen molar-refractivity contribution in [2.75, 3.05) is 0 Å². The van der Waals surface area contributed by atoms with Crippen molar-refractivity contribution in [2.24, 2.45) is 5.41 Å². The molecular formula is C19H24O2. The fourth-order valence-electron chi connectivity index (χ4n) is 4.32. The van der Waals surface area contributed by atoms with E-state index in [0.717, 1.165) is 25.7 Å². The van der Waals surface area contributed by atoms with Gasteiger partial charge in [0.15, 0.2) is 0 Å². The summed E-state index contributed by atoms with van der Waals surface area (Å²) in [6, 6.07) is 8.44. The maximum absolute atomic E-state index is 12.2. The molecule has 1 aromatic rings. The summed E-state index contributed by atoms with van der Waals surface area (Å²) in [7, 11) is 0. The lowest BCUT2D eigenvalue weighted by Gasteiger charge is -2.50. The number of carbonyl (C=O) groups is 1. The van der Waals surface area contributed by atoms with Gasteiger partial charge in [0.1, 0.15) is 5.60 Å². The highest BCUT2D eigenvalue weighted by Gasteiger charge is 2.55. The number of fused-ring (bicyclic) bond motifs is 1. The Kier molecular flexibility index (Phi) is 3.43. The average Bonchev–Trinajstić information content (AvgIpc) is 2.94. The third kappa shape index (κ3) is 2.12. The van der Waals surface area contributed by atoms with Crippen LogP contribution in [0.4, 0.5) is 0 Å². The molecule has 1 spiro atoms. The second-order valence-electron chi connectivity index (χ2n) is 6.85. The van der Waals surface area contributed by atoms with Crippen LogP contribution >= 0.6 is 0 Å². The number of rotatable bonds is 2. The fraction of sp³-hybridized carbons (Fsp3) is 0.526. The van der Waals surface area contributed by atoms with Crippen molar-refractivity contribution in [2.45, 2.75) is 58.0 Å². The van der Waals surface area contributed by atoms with Crippen LogP contribution < -0.4 is 0 Å². The van der Waals surface area contributed by atoms with Crippen molar-refractivity contribution >= 4 is 5.97 Å². The first-order valence-electron chi connectivity index (χ1n) is 7.96. The van der Waals surface area contributed by atoms with Gasteiger partial charge in [-0.05, 0) is 50.7 Å². The van der Waals surface area contributed by atoms with Crippen molar-refractivity contribution in [1.82, 2.24) is 0 Å². The van der Waals surface area contributed by atoms with Crippen LogP contribution in [-0.4, -0.2) is 5.97 Å². The van der Waals surface area contributed by atoms with E-state index >= 15 is 0 Å². The van der Waals surface area contributed by atoms with Crippen LogP contribution in [0, 0.1) is 5.41 Å². The molecule has 0 radical (unpaired) electrons. The number of ether oxygens (including phenoxy) is 1. The van der Waals surface area contributed by atoms with Gasteiger partial charge in [-0.2, -0.15) is 0 Å². The summed E-state index contributed by atoms with van der Waals surface area (Å²) in [5.41, 5.74) is 2.59. The lowest BCUT2D eigenvalue weighted by atomic mass is 9.60. The normalized spacial score (nSPS) is 26.4. The van der Waals surface area contributed by atoms with Crippen LogP contribution in [-0.2, 0) is 21.6 Å². The standard InChI is InChI=1S/C19H24O2/c1-14(2)17(20)21-18(3)16-9-5-4-8-15(16)10-13-19(18)11-6-7-12-19/h4-5,8-9H,1,6-7,10-13H2,2-3H3. The van der Waals surface area contributed by atoms with Gasteiger partial charge in [0.05, 0.1) is 0 Å². The molecule has 1 fully saturated rings. The number of carbonyl (C=O) groups excluding carboxylic acids is 1. The Morgan fingerprint density at radius 2 is 1.86 bits per heavy atom. The van der Waals surface area contributed by atoms with E-state index in [0.29, 0.717) is 5.57 Å². The van der Waals surface area contributed by atoms with E-state index < -0.39 is 5.60 Å². The van der Waals surface area contributed by atoms with Crippen molar-refractivity contribution in [1.29, 1.82) is 0 Å². The number of hydrogen-bond acceptors (Lipinski definition) is 2. The molecule has 0 amide bonds. The summed E-state index contributed by atoms with van der Waals surface area (Å²) >= 11 is 0. The second kappa shape index (κ2) is 5.01. The van der Waals surface area contributed by atoms with E-state index in [1.54, 1.807) is 6.92 Å². The number of esters is 1. The molecule has 0 saturated heterocycles. The number of aryl methyl sites for hydroxylation is 1. The molecule has 2 nitrogen and oxygen atoms in total. The van der Waals surface area contributed by atoms with Gasteiger partial charge >= 0.3 is 5.97 Å². The molecular weight excluding hydrogens is 260 g/mol. The van der Waals surface area contributed by atoms with Gasteiger partial charge < -0.3 is 4.74 Å². The van der Waals surface area contributed by atoms with E-state index in [1.807, 2.05) is 0 Å². The molecule has 2 heteroatoms. The van der Waals surface area contributed by atoms with Gasteiger partial charge in [-0.25, -0.2) is 4.79 Å². The number of benzene rings is 1. The monoisotopic (exact) mass is 284 g/mol. The van der Waals surface area contributed by atoms with E-state index in [9.17, 15) is 4.79 Å². The van der Waals surface area contributed by atoms with Gasteiger partial charge in [-0.15, -0.1) is 0 Å². The fourth-order valence-corrected chi connectivity index (χ4v) is 4.32. The Morgan fingerprint density at radius 3 is 2.52 bits per heavy atom. The molecule has 0 bridgehead atoms. The average molecular weight is 284 g/mol. The molecule has 0 N–H and O–H groups in total. The maximum Gasteiger partial charge on any atom is 0.334 e. The van der Waals surface area contributed by atoms with Crippen LogP contribution in [0.5, 0.6) is 0 Å². The van der Waals surface area contributed by atoms with Crippen molar-refractivity contribution in [3.8, 4) is 0 Å². The van der Waals surface area contributed by atoms with Crippen LogP contribution in [0.15, 0.2) is 36.4 Å². The molecule has 3 rings (SSSR count). The first-order chi connectivity index (χ1) is 9.98. The molecule has 0 aliphatic heterocycles. The Hall–Kier alpha value is -1.57. The Labute approximate surface area is 127 Å². The molecule has 2 aliphatic rings. The van der Waals surface area contributed by atoms with Gasteiger partial charge in [0, 0.05) is 11.0 Å². The second-order valence-corrected chi connectivity index (χ2v) is 6.85. The minimum absolute atomic E-state index is 0.104. The summed E-state index contributed by atoms with van der Waals surface area (Å²) in [6.07, 6.45) is 6.99. The maximum atomic E-state index is 12.2. The van der Waals surface area contributed by atoms with E-state index in [2.05, 4.69) is 37.8 Å². The third-order valence-corrected chi connectivity index (χ3v) is 5.62. The lowest BCUT2D eigenvalue weighted by molar-refractivity contribution is -0.175. The molecule has 0 heterocycles. The largest absolute Gasteiger partial charge is 0.451 e. The summed E-state index contributed by atoms with van der Waals surface area (Å²) in [5.74, 6) is -0.263. The SMILES string of the molecule is C=C(C)C(=O)OC1(C)c2ccccc2CCC12CCCC2. The van der Waals surface area contributed by atoms with Crippen molar-refractivity contribution in [3.05, 3.63) is 47.5 Å². The Morgan fingerprint density at radius 1 is 1.19 bits per heavy atom. The van der Waals surface area contributed by atoms with E-state index in [1.165, 1.54) is 24.0 Å². The predicted molar refractivity (Wildman–Crippen MR) is 83.9 cm³/mol. The van der Waals surface area contributed by atoms with Crippen molar-refractivity contribution < 1.29 is 9.53 Å². The summed E-state index contributed by atoms with van der Waals surface area (Å²) in [6.45, 7) is 7.59. The zero-order chi connectivity index (χ0) is 15.1. The Bertz CT molecular complexity index is 581. The van der Waals surface area contributed by atoms with Gasteiger partial charge in [0.25, 0.3) is 0 Å². The number of hydrogen-bond donors (Lipinski definition) is 0. The highest BCUT2D eigenvalue weighted by molar-refractivity contribution is 5.87. The van der Waals surface area contributed by atoms with Crippen LogP contribution in [0.3, 0.4) is 0 Å². The van der Waals surface area contributed by atoms with Gasteiger partial charge in [-0.3, -0.25) is 0 Å². The van der Waals surface area contributed by atoms with Gasteiger partial charge in [-0.1, -0.05) is 43.7 Å². The summed E-state index contributed by atoms with van der Waals surface area (Å²) in [5, 5.41) is 0. The Balaban J connectivity index is 2.09. The predicted octanol–water partition coefficient (Wildman–Crippen LogP) is 4.53. The van der Waals surface area contributed by atoms with E-state index in [4.69, 9.17) is 4.74 Å². The first-order valence-corrected chi connectivity index (χ1v) is 7.96. The molecule has 1 unspecified atom stereocenters. The molecule has 1 atom stereocenters. The topological polar surface area (TPSA) is 26.3 Å². The van der Waals surface area contributed by atoms with Crippen LogP contribution in [0.25, 0.3) is 0 Å². The lowest BCUT2D eigenvalue weighted by Crippen LogP contribution is -2.48. The summed E-state index contributed by atoms with van der Waals surface area (Å²) < 4.78 is 6.07. The summed E-state index contributed by atoms with van der Waals surface area (Å²) in [4.78, 5) is 12.2. The molecule has 112 valence electrons. The molecule has 21 heavy (non-hydrogen) atoms. The first kappa shape index (κ1) is 14.4. The van der Waals surface area contributed by atoms with E-state index in [-0.39, 0.29) is 11.4 Å².